The largest absolute Gasteiger partial charge is 0.456 e. The summed E-state index contributed by atoms with van der Waals surface area (Å²) < 4.78 is 151. The molecular weight excluding hydrogens is 1840 g/mol. The first-order valence-corrected chi connectivity index (χ1v) is 45.8. The quantitative estimate of drug-likeness (QED) is 0.0434. The number of benzene rings is 16. The molecule has 5 aliphatic rings. The Balaban J connectivity index is 0.652. The summed E-state index contributed by atoms with van der Waals surface area (Å²) >= 11 is 0. The number of halogens is 3. The Morgan fingerprint density at radius 2 is 0.479 bits per heavy atom. The van der Waals surface area contributed by atoms with Crippen molar-refractivity contribution in [3.05, 3.63) is 500 Å². The van der Waals surface area contributed by atoms with Crippen molar-refractivity contribution in [2.75, 3.05) is 0 Å². The summed E-state index contributed by atoms with van der Waals surface area (Å²) in [6, 6.07) is 108. The molecule has 0 atom stereocenters. The molecule has 0 aliphatic carbocycles. The van der Waals surface area contributed by atoms with E-state index in [1.165, 1.54) is 84.9 Å². The van der Waals surface area contributed by atoms with Crippen molar-refractivity contribution >= 4 is 35.8 Å². The van der Waals surface area contributed by atoms with Crippen LogP contribution in [0.15, 0.2) is 394 Å². The fourth-order valence-corrected chi connectivity index (χ4v) is 17.9. The summed E-state index contributed by atoms with van der Waals surface area (Å²) in [6.45, 7) is 5.11. The second kappa shape index (κ2) is 36.3. The maximum absolute atomic E-state index is 16.2. The summed E-state index contributed by atoms with van der Waals surface area (Å²) in [4.78, 5) is 93.0. The summed E-state index contributed by atoms with van der Waals surface area (Å²) in [5.74, 6) is -19.1. The van der Waals surface area contributed by atoms with Gasteiger partial charge in [0.05, 0.1) is 39.1 Å². The van der Waals surface area contributed by atoms with Crippen LogP contribution < -0.4 is 71.1 Å². The van der Waals surface area contributed by atoms with Gasteiger partial charge < -0.3 is 75.8 Å². The van der Waals surface area contributed by atoms with Gasteiger partial charge in [0.2, 0.25) is 28.7 Å². The van der Waals surface area contributed by atoms with Gasteiger partial charge in [0, 0.05) is 55.6 Å². The van der Waals surface area contributed by atoms with Gasteiger partial charge in [-0.1, -0.05) is 322 Å². The normalized spacial score (nSPS) is 14.5. The number of H-pyrrole nitrogens is 1. The molecule has 5 aliphatic heterocycles. The molecule has 144 heavy (non-hydrogen) atoms. The number of carbonyl (C=O) groups excluding carboxylic acids is 6. The van der Waals surface area contributed by atoms with Crippen molar-refractivity contribution in [1.29, 1.82) is 0 Å². The summed E-state index contributed by atoms with van der Waals surface area (Å²) in [6.07, 6.45) is -4.75. The highest BCUT2D eigenvalue weighted by Crippen LogP contribution is 2.60. The van der Waals surface area contributed by atoms with Crippen LogP contribution >= 0.6 is 0 Å². The second-order valence-electron chi connectivity index (χ2n) is 35.1. The van der Waals surface area contributed by atoms with Crippen LogP contribution in [0.4, 0.5) is 13.2 Å². The van der Waals surface area contributed by atoms with E-state index in [0.717, 1.165) is 6.07 Å². The van der Waals surface area contributed by atoms with Crippen molar-refractivity contribution in [2.45, 2.75) is 74.3 Å². The lowest BCUT2D eigenvalue weighted by molar-refractivity contribution is -0.138. The Kier molecular flexibility index (Phi) is 22.8. The van der Waals surface area contributed by atoms with Crippen LogP contribution in [-0.4, -0.2) is 51.6 Å². The third-order valence-corrected chi connectivity index (χ3v) is 24.6. The number of ether oxygens (including phenoxy) is 16. The van der Waals surface area contributed by atoms with E-state index in [1.807, 2.05) is 36.4 Å². The lowest BCUT2D eigenvalue weighted by atomic mass is 9.97. The van der Waals surface area contributed by atoms with Crippen LogP contribution in [0.2, 0.25) is 0 Å². The molecule has 710 valence electrons. The van der Waals surface area contributed by atoms with Crippen LogP contribution in [-0.2, 0) is 52.7 Å². The zero-order valence-electron chi connectivity index (χ0n) is 76.5. The number of rotatable bonds is 24. The predicted molar refractivity (Wildman–Crippen MR) is 514 cm³/mol. The molecule has 0 spiro atoms. The monoisotopic (exact) mass is 1920 g/mol. The minimum Gasteiger partial charge on any atom is -0.456 e. The molecular formula is C117H79F3N2O22. The Morgan fingerprint density at radius 1 is 0.264 bits per heavy atom. The van der Waals surface area contributed by atoms with Gasteiger partial charge in [0.25, 0.3) is 0 Å². The molecule has 27 heteroatoms. The molecule has 0 bridgehead atoms. The maximum atomic E-state index is 16.2. The minimum absolute atomic E-state index is 0.00889. The predicted octanol–water partition coefficient (Wildman–Crippen LogP) is 23.6. The SMILES string of the molecule is CC(C)(C)OC(=O)c1cc(OC(=O)c2cc(OC(=O)c3cc(OC(=O)c4cc(OC(=O)c5cc(OC(=O)c6cc(CCc7ccccc7C(F)(F)F)n[nH]6)c6c(c5)OC(c5ccccc5)(c5ccccc5)O6)c5c(c4)OC(c4ccccc4)(c4ccccc4)O5)c4c(c3)OC(c3ccccc3)(c3ccccc3)O4)c3c(c2)OC(c2ccccc2)(c2ccccc2)O3)c2c(c1)OC(c1ccccc1)(c1ccccc1)O2. The molecule has 0 fully saturated rings. The number of carbonyl (C=O) groups is 6. The van der Waals surface area contributed by atoms with E-state index in [-0.39, 0.29) is 127 Å². The first-order valence-electron chi connectivity index (χ1n) is 45.8. The summed E-state index contributed by atoms with van der Waals surface area (Å²) in [5.41, 5.74) is 1.47. The third-order valence-electron chi connectivity index (χ3n) is 24.6. The molecule has 6 heterocycles. The van der Waals surface area contributed by atoms with E-state index in [9.17, 15) is 22.8 Å². The Morgan fingerprint density at radius 3 is 0.708 bits per heavy atom. The molecule has 16 aromatic carbocycles. The second-order valence-corrected chi connectivity index (χ2v) is 35.1. The number of aromatic amines is 1. The molecule has 1 N–H and O–H groups in total. The molecule has 0 amide bonds. The van der Waals surface area contributed by atoms with Crippen molar-refractivity contribution in [2.24, 2.45) is 0 Å². The number of hydrogen-bond acceptors (Lipinski definition) is 23. The molecule has 1 aromatic heterocycles. The van der Waals surface area contributed by atoms with Crippen LogP contribution in [0.1, 0.15) is 156 Å². The van der Waals surface area contributed by atoms with Crippen LogP contribution in [0.25, 0.3) is 0 Å². The van der Waals surface area contributed by atoms with E-state index in [0.29, 0.717) is 55.6 Å². The number of esters is 6. The van der Waals surface area contributed by atoms with Gasteiger partial charge in [0.1, 0.15) is 11.3 Å². The lowest BCUT2D eigenvalue weighted by Gasteiger charge is -2.28. The molecule has 17 aromatic rings. The highest BCUT2D eigenvalue weighted by Gasteiger charge is 2.55. The first-order chi connectivity index (χ1) is 69.9. The van der Waals surface area contributed by atoms with E-state index < -0.39 is 99.3 Å². The fourth-order valence-electron chi connectivity index (χ4n) is 17.9. The van der Waals surface area contributed by atoms with E-state index in [1.54, 1.807) is 288 Å². The zero-order valence-corrected chi connectivity index (χ0v) is 76.5. The van der Waals surface area contributed by atoms with Crippen LogP contribution in [0.3, 0.4) is 0 Å². The topological polar surface area (TPSA) is 279 Å². The first kappa shape index (κ1) is 90.5. The number of hydrogen-bond donors (Lipinski definition) is 1. The number of aryl methyl sites for hydroxylation is 2. The van der Waals surface area contributed by atoms with Crippen molar-refractivity contribution in [3.63, 3.8) is 0 Å². The molecule has 0 radical (unpaired) electrons. The Hall–Kier alpha value is -18.7. The number of nitrogens with one attached hydrogen (secondary N) is 1. The van der Waals surface area contributed by atoms with Gasteiger partial charge in [-0.2, -0.15) is 18.3 Å². The summed E-state index contributed by atoms with van der Waals surface area (Å²) in [7, 11) is 0. The lowest BCUT2D eigenvalue weighted by Crippen LogP contribution is -2.36. The third kappa shape index (κ3) is 16.8. The fraction of sp³-hybridized carbons (Fsp3) is 0.103. The molecule has 22 rings (SSSR count). The highest BCUT2D eigenvalue weighted by molar-refractivity contribution is 6.00. The maximum Gasteiger partial charge on any atom is 0.416 e. The highest BCUT2D eigenvalue weighted by atomic mass is 19.4. The Labute approximate surface area is 820 Å². The molecule has 0 saturated heterocycles. The summed E-state index contributed by atoms with van der Waals surface area (Å²) in [5, 5.41) is 6.91. The van der Waals surface area contributed by atoms with E-state index >= 15 is 19.2 Å². The number of fused-ring (bicyclic) bond motifs is 5. The van der Waals surface area contributed by atoms with Crippen molar-refractivity contribution < 1.29 is 118 Å². The van der Waals surface area contributed by atoms with Crippen molar-refractivity contribution in [1.82, 2.24) is 10.2 Å². The molecule has 0 unspecified atom stereocenters. The van der Waals surface area contributed by atoms with Gasteiger partial charge >= 0.3 is 70.9 Å². The zero-order chi connectivity index (χ0) is 98.7. The molecule has 24 nitrogen and oxygen atoms in total. The number of alkyl halides is 3. The van der Waals surface area contributed by atoms with Gasteiger partial charge in [-0.15, -0.1) is 0 Å². The van der Waals surface area contributed by atoms with Crippen LogP contribution in [0, 0.1) is 0 Å². The van der Waals surface area contributed by atoms with Gasteiger partial charge in [-0.05, 0) is 112 Å². The average molecular weight is 1920 g/mol. The smallest absolute Gasteiger partial charge is 0.416 e. The standard InChI is InChI=1S/C117H79F3N2O22/c1-111(2,3)144-109(127)76-64-93(103-99(69-76)138-116(142-103,85-53-30-12-31-54-85)86-55-32-13-33-56-86)132-107(125)74-62-91(101-97(67-74)136-114(140-101,81-45-22-8-23-46-81)82-47-24-9-25-48-82)130-105(123)72-60-90(100-95(65-72)134-112(139-100,77-37-14-4-15-38-77)78-39-16-5-17-40-78)129-106(124)73-61-92(102-96(66-73)135-113(141-102,79-41-18-6-19-42-79)80-43-20-7-21-44-80)131-108(126)75-63-94(104-98(68-75)137-115(143-104,83-49-26-10-27-50-83)84-51-28-11-29-52-84)133-110(128)89-70-87(121-122-89)59-58-71-36-34-35-57-88(71)117(118,119)120/h4-57,60-70H,58-59H2,1-3H3,(H,121,122). The Bertz CT molecular complexity index is 7660. The number of nitrogens with zero attached hydrogens (tertiary/aromatic N) is 1. The van der Waals surface area contributed by atoms with E-state index in [2.05, 4.69) is 10.2 Å². The van der Waals surface area contributed by atoms with E-state index in [4.69, 9.17) is 75.8 Å². The number of aromatic nitrogens is 2. The van der Waals surface area contributed by atoms with Crippen molar-refractivity contribution in [3.8, 4) is 86.2 Å². The van der Waals surface area contributed by atoms with Gasteiger partial charge in [-0.3, -0.25) is 5.10 Å². The minimum atomic E-state index is -4.63. The molecule has 0 saturated carbocycles. The van der Waals surface area contributed by atoms with Gasteiger partial charge in [0.15, 0.2) is 57.5 Å². The average Bonchev–Trinajstić information content (AvgIpc) is 1.11. The van der Waals surface area contributed by atoms with Gasteiger partial charge in [-0.25, -0.2) is 28.8 Å². The van der Waals surface area contributed by atoms with Crippen LogP contribution in [0.5, 0.6) is 86.2 Å².